The van der Waals surface area contributed by atoms with Crippen LogP contribution < -0.4 is 10.6 Å². The summed E-state index contributed by atoms with van der Waals surface area (Å²) in [6.07, 6.45) is 3.41. The molecule has 1 saturated heterocycles. The Morgan fingerprint density at radius 1 is 1.42 bits per heavy atom. The summed E-state index contributed by atoms with van der Waals surface area (Å²) >= 11 is 3.20. The van der Waals surface area contributed by atoms with Crippen molar-refractivity contribution in [2.75, 3.05) is 25.0 Å². The third-order valence-electron chi connectivity index (χ3n) is 4.73. The number of carbonyl (C=O) groups excluding carboxylic acids is 2. The van der Waals surface area contributed by atoms with E-state index in [-0.39, 0.29) is 23.5 Å². The van der Waals surface area contributed by atoms with Gasteiger partial charge in [0.1, 0.15) is 5.82 Å². The normalized spacial score (nSPS) is 19.0. The number of likely N-dealkylation sites (tertiary alicyclic amines) is 1. The van der Waals surface area contributed by atoms with Gasteiger partial charge >= 0.3 is 0 Å². The van der Waals surface area contributed by atoms with Gasteiger partial charge in [-0.05, 0) is 56.8 Å². The lowest BCUT2D eigenvalue weighted by atomic mass is 9.96. The standard InChI is InChI=1S/C19H27BrFN3O2/c1-3-5-18(25)22-11-14-6-4-9-24(12-14)13(2)19(26)23-17-8-7-15(20)10-16(17)21/h7-8,10,13-14H,3-6,9,11-12H2,1-2H3,(H,22,25)(H,23,26). The monoisotopic (exact) mass is 427 g/mol. The van der Waals surface area contributed by atoms with Gasteiger partial charge in [0, 0.05) is 24.0 Å². The summed E-state index contributed by atoms with van der Waals surface area (Å²) in [5, 5.41) is 5.64. The molecule has 1 aromatic carbocycles. The van der Waals surface area contributed by atoms with Gasteiger partial charge < -0.3 is 10.6 Å². The van der Waals surface area contributed by atoms with Gasteiger partial charge in [-0.2, -0.15) is 0 Å². The van der Waals surface area contributed by atoms with Crippen LogP contribution >= 0.6 is 15.9 Å². The molecule has 1 aliphatic heterocycles. The molecule has 1 aromatic rings. The van der Waals surface area contributed by atoms with Gasteiger partial charge in [0.15, 0.2) is 0 Å². The number of amides is 2. The molecule has 5 nitrogen and oxygen atoms in total. The van der Waals surface area contributed by atoms with Crippen LogP contribution in [0.1, 0.15) is 39.5 Å². The fourth-order valence-electron chi connectivity index (χ4n) is 3.18. The number of halogens is 2. The molecule has 0 aromatic heterocycles. The summed E-state index contributed by atoms with van der Waals surface area (Å²) in [5.74, 6) is -0.262. The highest BCUT2D eigenvalue weighted by Gasteiger charge is 2.28. The molecule has 2 N–H and O–H groups in total. The number of piperidine rings is 1. The number of hydrogen-bond donors (Lipinski definition) is 2. The van der Waals surface area contributed by atoms with Gasteiger partial charge in [-0.3, -0.25) is 14.5 Å². The van der Waals surface area contributed by atoms with E-state index in [0.29, 0.717) is 23.4 Å². The van der Waals surface area contributed by atoms with Crippen LogP contribution in [0.25, 0.3) is 0 Å². The second kappa shape index (κ2) is 10.0. The van der Waals surface area contributed by atoms with Crippen molar-refractivity contribution in [2.45, 2.75) is 45.6 Å². The van der Waals surface area contributed by atoms with Crippen LogP contribution in [0.2, 0.25) is 0 Å². The molecule has 0 aliphatic carbocycles. The second-order valence-corrected chi connectivity index (χ2v) is 7.76. The Kier molecular flexibility index (Phi) is 8.03. The number of anilines is 1. The maximum absolute atomic E-state index is 13.9. The van der Waals surface area contributed by atoms with E-state index in [0.717, 1.165) is 32.4 Å². The molecule has 2 amide bonds. The first-order valence-corrected chi connectivity index (χ1v) is 9.96. The summed E-state index contributed by atoms with van der Waals surface area (Å²) in [5.41, 5.74) is 0.186. The molecule has 0 saturated carbocycles. The maximum Gasteiger partial charge on any atom is 0.241 e. The minimum atomic E-state index is -0.463. The van der Waals surface area contributed by atoms with Crippen LogP contribution in [0.5, 0.6) is 0 Å². The van der Waals surface area contributed by atoms with Gasteiger partial charge in [0.2, 0.25) is 11.8 Å². The number of hydrogen-bond acceptors (Lipinski definition) is 3. The van der Waals surface area contributed by atoms with Crippen molar-refractivity contribution in [3.05, 3.63) is 28.5 Å². The molecule has 1 heterocycles. The number of benzene rings is 1. The third kappa shape index (κ3) is 6.06. The second-order valence-electron chi connectivity index (χ2n) is 6.85. The molecular weight excluding hydrogens is 401 g/mol. The third-order valence-corrected chi connectivity index (χ3v) is 5.22. The molecule has 0 spiro atoms. The van der Waals surface area contributed by atoms with E-state index in [9.17, 15) is 14.0 Å². The lowest BCUT2D eigenvalue weighted by Crippen LogP contribution is -2.49. The van der Waals surface area contributed by atoms with E-state index in [2.05, 4.69) is 31.5 Å². The smallest absolute Gasteiger partial charge is 0.241 e. The lowest BCUT2D eigenvalue weighted by molar-refractivity contribution is -0.123. The fourth-order valence-corrected chi connectivity index (χ4v) is 3.52. The molecular formula is C19H27BrFN3O2. The summed E-state index contributed by atoms with van der Waals surface area (Å²) in [7, 11) is 0. The topological polar surface area (TPSA) is 61.4 Å². The summed E-state index contributed by atoms with van der Waals surface area (Å²) in [4.78, 5) is 26.2. The Morgan fingerprint density at radius 3 is 2.88 bits per heavy atom. The predicted octanol–water partition coefficient (Wildman–Crippen LogP) is 3.54. The zero-order valence-corrected chi connectivity index (χ0v) is 16.9. The molecule has 7 heteroatoms. The maximum atomic E-state index is 13.9. The van der Waals surface area contributed by atoms with Crippen LogP contribution in [0.4, 0.5) is 10.1 Å². The number of carbonyl (C=O) groups is 2. The van der Waals surface area contributed by atoms with E-state index in [1.807, 2.05) is 13.8 Å². The molecule has 1 aliphatic rings. The Balaban J connectivity index is 1.88. The van der Waals surface area contributed by atoms with Crippen molar-refractivity contribution in [1.82, 2.24) is 10.2 Å². The Bertz CT molecular complexity index is 641. The molecule has 0 bridgehead atoms. The van der Waals surface area contributed by atoms with Crippen LogP contribution in [-0.2, 0) is 9.59 Å². The van der Waals surface area contributed by atoms with Crippen molar-refractivity contribution in [3.8, 4) is 0 Å². The highest BCUT2D eigenvalue weighted by Crippen LogP contribution is 2.22. The van der Waals surface area contributed by atoms with E-state index in [1.165, 1.54) is 6.07 Å². The minimum absolute atomic E-state index is 0.0844. The lowest BCUT2D eigenvalue weighted by Gasteiger charge is -2.36. The highest BCUT2D eigenvalue weighted by molar-refractivity contribution is 9.10. The Morgan fingerprint density at radius 2 is 2.19 bits per heavy atom. The quantitative estimate of drug-likeness (QED) is 0.699. The average Bonchev–Trinajstić information content (AvgIpc) is 2.62. The largest absolute Gasteiger partial charge is 0.356 e. The van der Waals surface area contributed by atoms with Gasteiger partial charge in [-0.1, -0.05) is 22.9 Å². The Hall–Kier alpha value is -1.47. The number of nitrogens with zero attached hydrogens (tertiary/aromatic N) is 1. The van der Waals surface area contributed by atoms with Crippen molar-refractivity contribution >= 4 is 33.4 Å². The van der Waals surface area contributed by atoms with E-state index >= 15 is 0 Å². The van der Waals surface area contributed by atoms with Crippen LogP contribution in [-0.4, -0.2) is 42.4 Å². The van der Waals surface area contributed by atoms with Crippen molar-refractivity contribution in [1.29, 1.82) is 0 Å². The van der Waals surface area contributed by atoms with Gasteiger partial charge in [0.05, 0.1) is 11.7 Å². The first-order chi connectivity index (χ1) is 12.4. The van der Waals surface area contributed by atoms with Crippen molar-refractivity contribution in [3.63, 3.8) is 0 Å². The predicted molar refractivity (Wildman–Crippen MR) is 104 cm³/mol. The molecule has 26 heavy (non-hydrogen) atoms. The molecule has 2 unspecified atom stereocenters. The zero-order chi connectivity index (χ0) is 19.1. The summed E-state index contributed by atoms with van der Waals surface area (Å²) < 4.78 is 14.5. The SMILES string of the molecule is CCCC(=O)NCC1CCCN(C(C)C(=O)Nc2ccc(Br)cc2F)C1. The van der Waals surface area contributed by atoms with Crippen LogP contribution in [0.15, 0.2) is 22.7 Å². The zero-order valence-electron chi connectivity index (χ0n) is 15.4. The van der Waals surface area contributed by atoms with Gasteiger partial charge in [-0.15, -0.1) is 0 Å². The van der Waals surface area contributed by atoms with E-state index < -0.39 is 5.82 Å². The Labute approximate surface area is 162 Å². The van der Waals surface area contributed by atoms with Crippen LogP contribution in [0, 0.1) is 11.7 Å². The van der Waals surface area contributed by atoms with Crippen molar-refractivity contribution in [2.24, 2.45) is 5.92 Å². The fraction of sp³-hybridized carbons (Fsp3) is 0.579. The van der Waals surface area contributed by atoms with Gasteiger partial charge in [0.25, 0.3) is 0 Å². The molecule has 1 fully saturated rings. The number of nitrogens with one attached hydrogen (secondary N) is 2. The minimum Gasteiger partial charge on any atom is -0.356 e. The molecule has 2 rings (SSSR count). The first kappa shape index (κ1) is 20.8. The van der Waals surface area contributed by atoms with E-state index in [4.69, 9.17) is 0 Å². The highest BCUT2D eigenvalue weighted by atomic mass is 79.9. The summed E-state index contributed by atoms with van der Waals surface area (Å²) in [6, 6.07) is 4.22. The van der Waals surface area contributed by atoms with Crippen LogP contribution in [0.3, 0.4) is 0 Å². The summed E-state index contributed by atoms with van der Waals surface area (Å²) in [6.45, 7) is 6.05. The molecule has 144 valence electrons. The molecule has 0 radical (unpaired) electrons. The van der Waals surface area contributed by atoms with Gasteiger partial charge in [-0.25, -0.2) is 4.39 Å². The molecule has 2 atom stereocenters. The van der Waals surface area contributed by atoms with Crippen molar-refractivity contribution < 1.29 is 14.0 Å². The number of rotatable bonds is 7. The van der Waals surface area contributed by atoms with E-state index in [1.54, 1.807) is 12.1 Å². The average molecular weight is 428 g/mol. The first-order valence-electron chi connectivity index (χ1n) is 9.17.